The number of H-pyrrole nitrogens is 1. The Morgan fingerprint density at radius 3 is 2.54 bits per heavy atom. The number of benzene rings is 2. The SMILES string of the molecule is COc1ccc(C(N)c2nc(-c3ccccc3F)n[nH]2)cc1OC. The van der Waals surface area contributed by atoms with Crippen molar-refractivity contribution in [1.82, 2.24) is 15.2 Å². The molecule has 1 unspecified atom stereocenters. The topological polar surface area (TPSA) is 86.0 Å². The van der Waals surface area contributed by atoms with Gasteiger partial charge in [-0.3, -0.25) is 5.10 Å². The zero-order valence-corrected chi connectivity index (χ0v) is 13.3. The van der Waals surface area contributed by atoms with E-state index in [2.05, 4.69) is 15.2 Å². The Bertz CT molecular complexity index is 850. The molecule has 0 spiro atoms. The van der Waals surface area contributed by atoms with Gasteiger partial charge in [0, 0.05) is 0 Å². The first kappa shape index (κ1) is 15.9. The largest absolute Gasteiger partial charge is 0.493 e. The van der Waals surface area contributed by atoms with Crippen LogP contribution in [0.4, 0.5) is 4.39 Å². The Morgan fingerprint density at radius 2 is 1.83 bits per heavy atom. The Morgan fingerprint density at radius 1 is 1.08 bits per heavy atom. The van der Waals surface area contributed by atoms with Crippen LogP contribution >= 0.6 is 0 Å². The van der Waals surface area contributed by atoms with Crippen molar-refractivity contribution in [3.63, 3.8) is 0 Å². The molecule has 0 fully saturated rings. The number of aromatic amines is 1. The number of aromatic nitrogens is 3. The van der Waals surface area contributed by atoms with Gasteiger partial charge >= 0.3 is 0 Å². The Hall–Kier alpha value is -2.93. The normalized spacial score (nSPS) is 12.0. The maximum atomic E-state index is 13.8. The summed E-state index contributed by atoms with van der Waals surface area (Å²) in [4.78, 5) is 4.31. The summed E-state index contributed by atoms with van der Waals surface area (Å²) in [5, 5.41) is 6.83. The standard InChI is InChI=1S/C17H17FN4O2/c1-23-13-8-7-10(9-14(13)24-2)15(19)17-20-16(21-22-17)11-5-3-4-6-12(11)18/h3-9,15H,19H2,1-2H3,(H,20,21,22). The molecular weight excluding hydrogens is 311 g/mol. The van der Waals surface area contributed by atoms with E-state index < -0.39 is 6.04 Å². The molecule has 0 bridgehead atoms. The van der Waals surface area contributed by atoms with Gasteiger partial charge in [0.15, 0.2) is 17.3 Å². The van der Waals surface area contributed by atoms with E-state index in [1.807, 2.05) is 6.07 Å². The van der Waals surface area contributed by atoms with Crippen LogP contribution in [0.25, 0.3) is 11.4 Å². The zero-order chi connectivity index (χ0) is 17.1. The molecule has 0 aliphatic heterocycles. The lowest BCUT2D eigenvalue weighted by Crippen LogP contribution is -2.14. The van der Waals surface area contributed by atoms with Crippen LogP contribution in [-0.2, 0) is 0 Å². The monoisotopic (exact) mass is 328 g/mol. The number of methoxy groups -OCH3 is 2. The molecule has 1 atom stereocenters. The molecule has 0 saturated heterocycles. The summed E-state index contributed by atoms with van der Waals surface area (Å²) < 4.78 is 24.3. The molecule has 0 aliphatic carbocycles. The molecule has 3 aromatic rings. The first-order valence-corrected chi connectivity index (χ1v) is 7.28. The predicted molar refractivity (Wildman–Crippen MR) is 87.4 cm³/mol. The van der Waals surface area contributed by atoms with Gasteiger partial charge in [-0.1, -0.05) is 18.2 Å². The molecule has 0 amide bonds. The number of nitrogens with one attached hydrogen (secondary N) is 1. The highest BCUT2D eigenvalue weighted by Gasteiger charge is 2.18. The van der Waals surface area contributed by atoms with Crippen molar-refractivity contribution in [2.45, 2.75) is 6.04 Å². The van der Waals surface area contributed by atoms with Crippen molar-refractivity contribution in [2.75, 3.05) is 14.2 Å². The highest BCUT2D eigenvalue weighted by Crippen LogP contribution is 2.31. The van der Waals surface area contributed by atoms with Gasteiger partial charge in [-0.2, -0.15) is 5.10 Å². The second kappa shape index (κ2) is 6.67. The van der Waals surface area contributed by atoms with Gasteiger partial charge in [-0.25, -0.2) is 9.37 Å². The summed E-state index contributed by atoms with van der Waals surface area (Å²) in [6.07, 6.45) is 0. The molecule has 3 rings (SSSR count). The molecule has 0 saturated carbocycles. The van der Waals surface area contributed by atoms with E-state index in [1.54, 1.807) is 44.6 Å². The summed E-state index contributed by atoms with van der Waals surface area (Å²) in [7, 11) is 3.12. The first-order valence-electron chi connectivity index (χ1n) is 7.28. The zero-order valence-electron chi connectivity index (χ0n) is 13.3. The van der Waals surface area contributed by atoms with Crippen molar-refractivity contribution < 1.29 is 13.9 Å². The van der Waals surface area contributed by atoms with Crippen LogP contribution in [0.15, 0.2) is 42.5 Å². The van der Waals surface area contributed by atoms with E-state index in [0.29, 0.717) is 22.9 Å². The molecule has 6 nitrogen and oxygen atoms in total. The second-order valence-corrected chi connectivity index (χ2v) is 5.12. The van der Waals surface area contributed by atoms with Gasteiger partial charge in [0.05, 0.1) is 25.8 Å². The molecule has 124 valence electrons. The fourth-order valence-electron chi connectivity index (χ4n) is 2.38. The first-order chi connectivity index (χ1) is 11.6. The number of hydrogen-bond acceptors (Lipinski definition) is 5. The van der Waals surface area contributed by atoms with Crippen LogP contribution in [0.2, 0.25) is 0 Å². The maximum absolute atomic E-state index is 13.8. The minimum Gasteiger partial charge on any atom is -0.493 e. The smallest absolute Gasteiger partial charge is 0.184 e. The molecule has 1 aromatic heterocycles. The maximum Gasteiger partial charge on any atom is 0.184 e. The minimum absolute atomic E-state index is 0.263. The lowest BCUT2D eigenvalue weighted by molar-refractivity contribution is 0.354. The van der Waals surface area contributed by atoms with Crippen molar-refractivity contribution in [3.8, 4) is 22.9 Å². The molecular formula is C17H17FN4O2. The highest BCUT2D eigenvalue weighted by molar-refractivity contribution is 5.55. The van der Waals surface area contributed by atoms with Crippen LogP contribution in [-0.4, -0.2) is 29.4 Å². The molecule has 0 radical (unpaired) electrons. The highest BCUT2D eigenvalue weighted by atomic mass is 19.1. The van der Waals surface area contributed by atoms with Crippen molar-refractivity contribution in [1.29, 1.82) is 0 Å². The summed E-state index contributed by atoms with van der Waals surface area (Å²) in [6.45, 7) is 0. The third-order valence-electron chi connectivity index (χ3n) is 3.68. The summed E-state index contributed by atoms with van der Waals surface area (Å²) in [5.41, 5.74) is 7.32. The van der Waals surface area contributed by atoms with Gasteiger partial charge in [-0.05, 0) is 29.8 Å². The summed E-state index contributed by atoms with van der Waals surface area (Å²) >= 11 is 0. The Kier molecular flexibility index (Phi) is 4.43. The van der Waals surface area contributed by atoms with E-state index in [1.165, 1.54) is 6.07 Å². The molecule has 7 heteroatoms. The fraction of sp³-hybridized carbons (Fsp3) is 0.176. The molecule has 0 aliphatic rings. The molecule has 24 heavy (non-hydrogen) atoms. The van der Waals surface area contributed by atoms with Gasteiger partial charge in [0.2, 0.25) is 0 Å². The van der Waals surface area contributed by atoms with Gasteiger partial charge in [0.1, 0.15) is 11.6 Å². The predicted octanol–water partition coefficient (Wildman–Crippen LogP) is 2.68. The minimum atomic E-state index is -0.558. The molecule has 3 N–H and O–H groups in total. The quantitative estimate of drug-likeness (QED) is 0.752. The van der Waals surface area contributed by atoms with Crippen LogP contribution in [0, 0.1) is 5.82 Å². The fourth-order valence-corrected chi connectivity index (χ4v) is 2.38. The van der Waals surface area contributed by atoms with E-state index in [0.717, 1.165) is 5.56 Å². The van der Waals surface area contributed by atoms with E-state index in [4.69, 9.17) is 15.2 Å². The number of ether oxygens (including phenoxy) is 2. The van der Waals surface area contributed by atoms with Crippen molar-refractivity contribution in [2.24, 2.45) is 5.73 Å². The summed E-state index contributed by atoms with van der Waals surface area (Å²) in [5.74, 6) is 1.49. The average Bonchev–Trinajstić information content (AvgIpc) is 3.10. The van der Waals surface area contributed by atoms with Gasteiger partial charge in [-0.15, -0.1) is 0 Å². The molecule has 2 aromatic carbocycles. The number of hydrogen-bond donors (Lipinski definition) is 2. The van der Waals surface area contributed by atoms with Gasteiger partial charge < -0.3 is 15.2 Å². The number of nitrogens with two attached hydrogens (primary N) is 1. The van der Waals surface area contributed by atoms with E-state index in [9.17, 15) is 4.39 Å². The Labute approximate surface area is 138 Å². The second-order valence-electron chi connectivity index (χ2n) is 5.12. The van der Waals surface area contributed by atoms with E-state index in [-0.39, 0.29) is 11.6 Å². The third-order valence-corrected chi connectivity index (χ3v) is 3.68. The molecule has 1 heterocycles. The number of halogens is 1. The van der Waals surface area contributed by atoms with Crippen molar-refractivity contribution >= 4 is 0 Å². The lowest BCUT2D eigenvalue weighted by Gasteiger charge is -2.13. The average molecular weight is 328 g/mol. The third kappa shape index (κ3) is 2.93. The summed E-state index contributed by atoms with van der Waals surface area (Å²) in [6, 6.07) is 11.1. The van der Waals surface area contributed by atoms with Crippen LogP contribution < -0.4 is 15.2 Å². The van der Waals surface area contributed by atoms with E-state index >= 15 is 0 Å². The number of nitrogens with zero attached hydrogens (tertiary/aromatic N) is 2. The van der Waals surface area contributed by atoms with Crippen LogP contribution in [0.3, 0.4) is 0 Å². The number of rotatable bonds is 5. The van der Waals surface area contributed by atoms with Crippen LogP contribution in [0.5, 0.6) is 11.5 Å². The van der Waals surface area contributed by atoms with Crippen molar-refractivity contribution in [3.05, 3.63) is 59.7 Å². The Balaban J connectivity index is 1.91. The van der Waals surface area contributed by atoms with Gasteiger partial charge in [0.25, 0.3) is 0 Å². The van der Waals surface area contributed by atoms with Crippen LogP contribution in [0.1, 0.15) is 17.4 Å². The lowest BCUT2D eigenvalue weighted by atomic mass is 10.1.